The Balaban J connectivity index is 3.06. The maximum Gasteiger partial charge on any atom is 0.548 e. The van der Waals surface area contributed by atoms with Crippen molar-refractivity contribution in [1.29, 1.82) is 0 Å². The van der Waals surface area contributed by atoms with Crippen LogP contribution in [-0.4, -0.2) is 6.16 Å². The number of carbonyl (C=O) groups excluding carboxylic acids is 1. The fraction of sp³-hybridized carbons (Fsp3) is 0. The molecule has 0 aliphatic heterocycles. The minimum atomic E-state index is -0.963. The Morgan fingerprint density at radius 2 is 1.62 bits per heavy atom. The van der Waals surface area contributed by atoms with Gasteiger partial charge in [-0.3, -0.25) is 0 Å². The molecule has 0 aromatic heterocycles. The summed E-state index contributed by atoms with van der Waals surface area (Å²) < 4.78 is 0. The van der Waals surface area contributed by atoms with Gasteiger partial charge in [-0.25, -0.2) is 0 Å². The van der Waals surface area contributed by atoms with Gasteiger partial charge in [0, 0.05) is 0 Å². The first-order chi connectivity index (χ1) is 3.81. The number of thiol groups is 2. The third-order valence-corrected chi connectivity index (χ3v) is 0.441. The Labute approximate surface area is 56.7 Å². The monoisotopic (exact) mass is 156 g/mol. The van der Waals surface area contributed by atoms with E-state index < -0.39 is 6.16 Å². The summed E-state index contributed by atoms with van der Waals surface area (Å²) in [4.78, 5) is 21.4. The third-order valence-electron chi connectivity index (χ3n) is 0.258. The molecule has 0 saturated heterocycles. The number of hydrogen-bond donors (Lipinski definition) is 4. The van der Waals surface area contributed by atoms with Crippen molar-refractivity contribution in [3.63, 3.8) is 0 Å². The Hall–Kier alpha value is -0.110. The van der Waals surface area contributed by atoms with E-state index in [0.29, 0.717) is 0 Å². The van der Waals surface area contributed by atoms with Crippen LogP contribution in [0.5, 0.6) is 0 Å². The summed E-state index contributed by atoms with van der Waals surface area (Å²) in [6.45, 7) is 0. The lowest BCUT2D eigenvalue weighted by molar-refractivity contribution is 0.0309. The van der Waals surface area contributed by atoms with Crippen LogP contribution in [0.4, 0.5) is 4.79 Å². The molecule has 0 heterocycles. The average Bonchev–Trinajstić information content (AvgIpc) is 1.68. The molecule has 0 bridgehead atoms. The number of nitrogens with one attached hydrogen (secondary N) is 2. The predicted octanol–water partition coefficient (Wildman–Crippen LogP) is -0.162. The van der Waals surface area contributed by atoms with Crippen molar-refractivity contribution in [3.05, 3.63) is 0 Å². The summed E-state index contributed by atoms with van der Waals surface area (Å²) in [6.07, 6.45) is -0.963. The van der Waals surface area contributed by atoms with Gasteiger partial charge in [-0.05, 0) is 0 Å². The van der Waals surface area contributed by atoms with Crippen molar-refractivity contribution in [2.45, 2.75) is 0 Å². The van der Waals surface area contributed by atoms with Crippen LogP contribution in [0.2, 0.25) is 0 Å². The van der Waals surface area contributed by atoms with Crippen LogP contribution in [0.1, 0.15) is 0 Å². The van der Waals surface area contributed by atoms with Gasteiger partial charge in [0.2, 0.25) is 0 Å². The van der Waals surface area contributed by atoms with Crippen LogP contribution in [0.15, 0.2) is 0 Å². The highest BCUT2D eigenvalue weighted by atomic mass is 32.1. The first-order valence-corrected chi connectivity index (χ1v) is 2.36. The molecule has 7 heteroatoms. The molecule has 0 atom stereocenters. The summed E-state index contributed by atoms with van der Waals surface area (Å²) in [5, 5.41) is 0. The van der Waals surface area contributed by atoms with Gasteiger partial charge in [0.15, 0.2) is 0 Å². The second kappa shape index (κ2) is 5.04. The minimum absolute atomic E-state index is 0.963. The average molecular weight is 156 g/mol. The van der Waals surface area contributed by atoms with Gasteiger partial charge in [-0.15, -0.1) is 0 Å². The zero-order valence-electron chi connectivity index (χ0n) is 3.62. The summed E-state index contributed by atoms with van der Waals surface area (Å²) in [5.74, 6) is 0. The summed E-state index contributed by atoms with van der Waals surface area (Å²) >= 11 is 6.65. The SMILES string of the molecule is O=C(ONS)ONS. The van der Waals surface area contributed by atoms with E-state index in [9.17, 15) is 4.79 Å². The Kier molecular flexibility index (Phi) is 4.97. The van der Waals surface area contributed by atoms with Gasteiger partial charge in [0.05, 0.1) is 0 Å². The molecule has 0 saturated carbocycles. The van der Waals surface area contributed by atoms with E-state index in [0.717, 1.165) is 0 Å². The fourth-order valence-corrected chi connectivity index (χ4v) is 0.244. The predicted molar refractivity (Wildman–Crippen MR) is 31.8 cm³/mol. The molecule has 0 spiro atoms. The van der Waals surface area contributed by atoms with Gasteiger partial charge in [-0.1, -0.05) is 35.4 Å². The van der Waals surface area contributed by atoms with E-state index in [4.69, 9.17) is 0 Å². The number of rotatable bonds is 2. The molecule has 0 amide bonds. The minimum Gasteiger partial charge on any atom is -0.326 e. The van der Waals surface area contributed by atoms with E-state index in [-0.39, 0.29) is 0 Å². The number of hydrogen-bond acceptors (Lipinski definition) is 7. The second-order valence-electron chi connectivity index (χ2n) is 0.637. The van der Waals surface area contributed by atoms with Gasteiger partial charge in [0.25, 0.3) is 0 Å². The number of carbonyl (C=O) groups is 1. The first-order valence-electron chi connectivity index (χ1n) is 1.47. The van der Waals surface area contributed by atoms with Crippen LogP contribution < -0.4 is 9.77 Å². The molecular weight excluding hydrogens is 152 g/mol. The zero-order valence-corrected chi connectivity index (χ0v) is 5.41. The molecule has 48 valence electrons. The van der Waals surface area contributed by atoms with Crippen molar-refractivity contribution in [2.24, 2.45) is 0 Å². The molecule has 0 aromatic rings. The lowest BCUT2D eigenvalue weighted by Crippen LogP contribution is -2.16. The van der Waals surface area contributed by atoms with E-state index in [1.807, 2.05) is 0 Å². The molecule has 5 nitrogen and oxygen atoms in total. The maximum absolute atomic E-state index is 9.98. The molecule has 0 unspecified atom stereocenters. The van der Waals surface area contributed by atoms with Crippen molar-refractivity contribution in [1.82, 2.24) is 9.77 Å². The van der Waals surface area contributed by atoms with E-state index in [2.05, 4.69) is 35.3 Å². The molecule has 2 N–H and O–H groups in total. The van der Waals surface area contributed by atoms with Crippen LogP contribution >= 0.6 is 25.6 Å². The smallest absolute Gasteiger partial charge is 0.326 e. The van der Waals surface area contributed by atoms with Crippen molar-refractivity contribution in [2.75, 3.05) is 0 Å². The normalized spacial score (nSPS) is 8.25. The Morgan fingerprint density at radius 1 is 1.25 bits per heavy atom. The first kappa shape index (κ1) is 7.89. The Bertz CT molecular complexity index is 69.7. The lowest BCUT2D eigenvalue weighted by atomic mass is 11.4. The second-order valence-corrected chi connectivity index (χ2v) is 1.00. The van der Waals surface area contributed by atoms with Crippen LogP contribution in [0, 0.1) is 0 Å². The zero-order chi connectivity index (χ0) is 6.41. The van der Waals surface area contributed by atoms with Gasteiger partial charge < -0.3 is 9.68 Å². The van der Waals surface area contributed by atoms with Crippen LogP contribution in [0.25, 0.3) is 0 Å². The van der Waals surface area contributed by atoms with Crippen LogP contribution in [0.3, 0.4) is 0 Å². The van der Waals surface area contributed by atoms with E-state index in [1.54, 1.807) is 9.77 Å². The maximum atomic E-state index is 9.98. The lowest BCUT2D eigenvalue weighted by Gasteiger charge is -1.96. The topological polar surface area (TPSA) is 59.6 Å². The summed E-state index contributed by atoms with van der Waals surface area (Å²) in [6, 6.07) is 0. The molecule has 0 fully saturated rings. The molecule has 0 aliphatic rings. The van der Waals surface area contributed by atoms with Crippen LogP contribution in [-0.2, 0) is 9.68 Å². The molecule has 8 heavy (non-hydrogen) atoms. The van der Waals surface area contributed by atoms with Gasteiger partial charge >= 0.3 is 6.16 Å². The standard InChI is InChI=1S/CH4N2O3S2/c4-1(5-2-7)6-3-8/h2-3,7-8H. The van der Waals surface area contributed by atoms with Gasteiger partial charge in [-0.2, -0.15) is 4.79 Å². The molecule has 0 rings (SSSR count). The highest BCUT2D eigenvalue weighted by Crippen LogP contribution is 1.77. The molecule has 0 aromatic carbocycles. The van der Waals surface area contributed by atoms with E-state index >= 15 is 0 Å². The highest BCUT2D eigenvalue weighted by Gasteiger charge is 1.98. The molecular formula is CH4N2O3S2. The quantitative estimate of drug-likeness (QED) is 0.330. The molecule has 0 radical (unpaired) electrons. The molecule has 0 aliphatic carbocycles. The Morgan fingerprint density at radius 3 is 1.88 bits per heavy atom. The fourth-order valence-electron chi connectivity index (χ4n) is 0.0954. The third kappa shape index (κ3) is 4.06. The summed E-state index contributed by atoms with van der Waals surface area (Å²) in [5.41, 5.74) is 0. The van der Waals surface area contributed by atoms with Gasteiger partial charge in [0.1, 0.15) is 0 Å². The van der Waals surface area contributed by atoms with E-state index in [1.165, 1.54) is 0 Å². The van der Waals surface area contributed by atoms with Crippen molar-refractivity contribution in [3.8, 4) is 0 Å². The van der Waals surface area contributed by atoms with Crippen molar-refractivity contribution < 1.29 is 14.5 Å². The highest BCUT2D eigenvalue weighted by molar-refractivity contribution is 7.78. The largest absolute Gasteiger partial charge is 0.548 e. The summed E-state index contributed by atoms with van der Waals surface area (Å²) in [7, 11) is 0. The van der Waals surface area contributed by atoms with Crippen molar-refractivity contribution >= 4 is 31.8 Å².